The van der Waals surface area contributed by atoms with Gasteiger partial charge in [-0.1, -0.05) is 30.3 Å². The van der Waals surface area contributed by atoms with E-state index in [-0.39, 0.29) is 12.5 Å². The molecule has 30 heavy (non-hydrogen) atoms. The van der Waals surface area contributed by atoms with E-state index >= 15 is 0 Å². The maximum absolute atomic E-state index is 13.1. The summed E-state index contributed by atoms with van der Waals surface area (Å²) in [6.07, 6.45) is 3.48. The molecule has 3 atom stereocenters. The molecule has 7 heteroatoms. The van der Waals surface area contributed by atoms with E-state index in [9.17, 15) is 19.6 Å². The number of nitrogens with zero attached hydrogens (tertiary/aromatic N) is 3. The molecule has 0 radical (unpaired) electrons. The predicted octanol–water partition coefficient (Wildman–Crippen LogP) is 3.77. The minimum atomic E-state index is -0.716. The Balaban J connectivity index is 1.52. The molecule has 2 aromatic carbocycles. The van der Waals surface area contributed by atoms with E-state index in [1.807, 2.05) is 36.4 Å². The van der Waals surface area contributed by atoms with Crippen molar-refractivity contribution < 1.29 is 14.3 Å². The highest BCUT2D eigenvalue weighted by Gasteiger charge is 2.51. The third kappa shape index (κ3) is 3.61. The highest BCUT2D eigenvalue weighted by Crippen LogP contribution is 2.41. The number of hydrogen-bond donors (Lipinski definition) is 2. The molecule has 6 nitrogen and oxygen atoms in total. The summed E-state index contributed by atoms with van der Waals surface area (Å²) in [7, 11) is 0. The van der Waals surface area contributed by atoms with Gasteiger partial charge in [-0.2, -0.15) is 5.26 Å². The summed E-state index contributed by atoms with van der Waals surface area (Å²) >= 11 is 0. The van der Waals surface area contributed by atoms with E-state index in [0.29, 0.717) is 5.69 Å². The van der Waals surface area contributed by atoms with Crippen LogP contribution in [0.15, 0.2) is 73.1 Å². The molecule has 3 aromatic rings. The van der Waals surface area contributed by atoms with Crippen LogP contribution >= 0.6 is 0 Å². The van der Waals surface area contributed by atoms with E-state index < -0.39 is 23.9 Å². The molecule has 1 fully saturated rings. The minimum absolute atomic E-state index is 0.274. The van der Waals surface area contributed by atoms with Crippen LogP contribution in [0.5, 0.6) is 0 Å². The van der Waals surface area contributed by atoms with Crippen molar-refractivity contribution in [1.29, 1.82) is 5.26 Å². The first-order valence-electron chi connectivity index (χ1n) is 9.48. The fourth-order valence-corrected chi connectivity index (χ4v) is 3.84. The Morgan fingerprint density at radius 1 is 1.13 bits per heavy atom. The Labute approximate surface area is 173 Å². The smallest absolute Gasteiger partial charge is 0.323 e. The van der Waals surface area contributed by atoms with Gasteiger partial charge in [0, 0.05) is 24.0 Å². The number of hydrogen-bond acceptors (Lipinski definition) is 4. The van der Waals surface area contributed by atoms with E-state index in [1.54, 1.807) is 12.4 Å². The van der Waals surface area contributed by atoms with Gasteiger partial charge in [0.1, 0.15) is 11.9 Å². The zero-order chi connectivity index (χ0) is 21.1. The van der Waals surface area contributed by atoms with Crippen molar-refractivity contribution in [2.75, 3.05) is 11.9 Å². The Hall–Kier alpha value is -3.76. The van der Waals surface area contributed by atoms with Crippen molar-refractivity contribution in [3.63, 3.8) is 0 Å². The molecule has 0 bridgehead atoms. The van der Waals surface area contributed by atoms with E-state index in [2.05, 4.69) is 16.4 Å². The number of nitrogens with one attached hydrogen (secondary N) is 1. The summed E-state index contributed by atoms with van der Waals surface area (Å²) in [6.45, 7) is -0.274. The van der Waals surface area contributed by atoms with Gasteiger partial charge in [0.15, 0.2) is 0 Å². The van der Waals surface area contributed by atoms with Gasteiger partial charge in [-0.05, 0) is 47.0 Å². The summed E-state index contributed by atoms with van der Waals surface area (Å²) in [5, 5.41) is 22.2. The van der Waals surface area contributed by atoms with Crippen LogP contribution in [-0.4, -0.2) is 39.7 Å². The highest BCUT2D eigenvalue weighted by atomic mass is 19.1. The predicted molar refractivity (Wildman–Crippen MR) is 110 cm³/mol. The Morgan fingerprint density at radius 3 is 2.47 bits per heavy atom. The third-order valence-electron chi connectivity index (χ3n) is 5.35. The van der Waals surface area contributed by atoms with Crippen molar-refractivity contribution in [2.45, 2.75) is 18.0 Å². The fraction of sp³-hybridized carbons (Fsp3) is 0.174. The van der Waals surface area contributed by atoms with Crippen molar-refractivity contribution in [3.8, 4) is 17.2 Å². The molecule has 4 rings (SSSR count). The van der Waals surface area contributed by atoms with E-state index in [1.165, 1.54) is 29.2 Å². The van der Waals surface area contributed by atoms with Gasteiger partial charge in [0.25, 0.3) is 0 Å². The molecule has 2 heterocycles. The van der Waals surface area contributed by atoms with Crippen molar-refractivity contribution in [1.82, 2.24) is 9.88 Å². The number of anilines is 1. The number of carbonyl (C=O) groups excluding carboxylic acids is 1. The monoisotopic (exact) mass is 402 g/mol. The molecular weight excluding hydrogens is 383 g/mol. The van der Waals surface area contributed by atoms with Gasteiger partial charge >= 0.3 is 6.03 Å². The van der Waals surface area contributed by atoms with Gasteiger partial charge in [-0.3, -0.25) is 4.98 Å². The molecule has 150 valence electrons. The number of rotatable bonds is 4. The maximum Gasteiger partial charge on any atom is 0.323 e. The second-order valence-electron chi connectivity index (χ2n) is 7.06. The summed E-state index contributed by atoms with van der Waals surface area (Å²) in [5.74, 6) is -0.711. The van der Waals surface area contributed by atoms with Crippen molar-refractivity contribution >= 4 is 11.7 Å². The van der Waals surface area contributed by atoms with Gasteiger partial charge in [0.2, 0.25) is 0 Å². The topological polar surface area (TPSA) is 89.2 Å². The third-order valence-corrected chi connectivity index (χ3v) is 5.35. The molecule has 0 saturated carbocycles. The molecule has 1 aliphatic heterocycles. The van der Waals surface area contributed by atoms with Crippen LogP contribution < -0.4 is 5.32 Å². The number of aliphatic hydroxyl groups is 1. The van der Waals surface area contributed by atoms with Crippen LogP contribution in [-0.2, 0) is 0 Å². The van der Waals surface area contributed by atoms with Gasteiger partial charge < -0.3 is 15.3 Å². The second-order valence-corrected chi connectivity index (χ2v) is 7.06. The largest absolute Gasteiger partial charge is 0.394 e. The first-order chi connectivity index (χ1) is 14.6. The number of aliphatic hydroxyl groups excluding tert-OH is 1. The molecule has 1 aromatic heterocycles. The molecule has 0 spiro atoms. The van der Waals surface area contributed by atoms with Crippen LogP contribution in [0.1, 0.15) is 11.5 Å². The average Bonchev–Trinajstić information content (AvgIpc) is 2.76. The quantitative estimate of drug-likeness (QED) is 0.695. The molecule has 2 amide bonds. The molecule has 1 aliphatic rings. The van der Waals surface area contributed by atoms with Gasteiger partial charge in [-0.25, -0.2) is 9.18 Å². The Morgan fingerprint density at radius 2 is 1.87 bits per heavy atom. The van der Waals surface area contributed by atoms with Crippen LogP contribution in [0.2, 0.25) is 0 Å². The van der Waals surface area contributed by atoms with Crippen LogP contribution in [0.4, 0.5) is 14.9 Å². The van der Waals surface area contributed by atoms with E-state index in [4.69, 9.17) is 0 Å². The second kappa shape index (κ2) is 8.31. The number of carbonyl (C=O) groups is 1. The number of amides is 2. The van der Waals surface area contributed by atoms with Crippen LogP contribution in [0, 0.1) is 17.1 Å². The Bertz CT molecular complexity index is 1070. The number of urea groups is 1. The number of nitriles is 1. The molecule has 2 N–H and O–H groups in total. The average molecular weight is 402 g/mol. The number of benzene rings is 2. The summed E-state index contributed by atoms with van der Waals surface area (Å²) in [4.78, 5) is 18.1. The zero-order valence-electron chi connectivity index (χ0n) is 15.9. The molecule has 0 aliphatic carbocycles. The van der Waals surface area contributed by atoms with Gasteiger partial charge in [-0.15, -0.1) is 0 Å². The normalized spacial score (nSPS) is 20.2. The molecule has 1 saturated heterocycles. The number of halogens is 1. The van der Waals surface area contributed by atoms with Crippen molar-refractivity contribution in [2.24, 2.45) is 0 Å². The lowest BCUT2D eigenvalue weighted by atomic mass is 9.76. The summed E-state index contributed by atoms with van der Waals surface area (Å²) in [5.41, 5.74) is 3.26. The lowest BCUT2D eigenvalue weighted by Crippen LogP contribution is -2.66. The first kappa shape index (κ1) is 19.6. The van der Waals surface area contributed by atoms with Gasteiger partial charge in [0.05, 0.1) is 18.7 Å². The SMILES string of the molecule is N#C[C@@H]1[C@@H](c2ccc(-c3cccnc3)cc2)[C@H](CO)N1C(=O)Nc1ccc(F)cc1. The fourth-order valence-electron chi connectivity index (χ4n) is 3.84. The highest BCUT2D eigenvalue weighted by molar-refractivity contribution is 5.91. The van der Waals surface area contributed by atoms with E-state index in [0.717, 1.165) is 16.7 Å². The summed E-state index contributed by atoms with van der Waals surface area (Å²) in [6, 6.07) is 17.3. The number of likely N-dealkylation sites (tertiary alicyclic amines) is 1. The maximum atomic E-state index is 13.1. The molecule has 0 unspecified atom stereocenters. The number of aromatic nitrogens is 1. The lowest BCUT2D eigenvalue weighted by Gasteiger charge is -2.51. The molecular formula is C23H19FN4O2. The van der Waals surface area contributed by atoms with Crippen LogP contribution in [0.25, 0.3) is 11.1 Å². The summed E-state index contributed by atoms with van der Waals surface area (Å²) < 4.78 is 13.1. The lowest BCUT2D eigenvalue weighted by molar-refractivity contribution is 0.0224. The first-order valence-corrected chi connectivity index (χ1v) is 9.48. The standard InChI is InChI=1S/C23H19FN4O2/c24-18-7-9-19(10-8-18)27-23(30)28-20(12-25)22(21(28)14-29)16-5-3-15(4-6-16)17-2-1-11-26-13-17/h1-11,13,20-22,29H,14H2,(H,27,30)/t20-,21+,22-/m1/s1. The Kier molecular flexibility index (Phi) is 5.42. The van der Waals surface area contributed by atoms with Crippen molar-refractivity contribution in [3.05, 3.63) is 84.4 Å². The number of pyridine rings is 1. The minimum Gasteiger partial charge on any atom is -0.394 e. The zero-order valence-corrected chi connectivity index (χ0v) is 15.9. The van der Waals surface area contributed by atoms with Crippen LogP contribution in [0.3, 0.4) is 0 Å².